The predicted molar refractivity (Wildman–Crippen MR) is 80.2 cm³/mol. The molecule has 0 aliphatic carbocycles. The van der Waals surface area contributed by atoms with Crippen molar-refractivity contribution in [2.75, 3.05) is 32.0 Å². The third kappa shape index (κ3) is 3.77. The average Bonchev–Trinajstić information content (AvgIpc) is 2.41. The zero-order valence-electron chi connectivity index (χ0n) is 11.4. The summed E-state index contributed by atoms with van der Waals surface area (Å²) >= 11 is 6.07. The summed E-state index contributed by atoms with van der Waals surface area (Å²) in [6.07, 6.45) is 3.76. The number of anilines is 1. The molecule has 0 radical (unpaired) electrons. The molecule has 4 N–H and O–H groups in total. The highest BCUT2D eigenvalue weighted by atomic mass is 35.5. The molecular formula is C14H20ClN3O2. The first-order valence-corrected chi connectivity index (χ1v) is 7.19. The lowest BCUT2D eigenvalue weighted by molar-refractivity contribution is 0.0995. The second-order valence-electron chi connectivity index (χ2n) is 4.99. The zero-order valence-corrected chi connectivity index (χ0v) is 12.2. The Morgan fingerprint density at radius 1 is 1.30 bits per heavy atom. The summed E-state index contributed by atoms with van der Waals surface area (Å²) in [5, 5.41) is 0.317. The van der Waals surface area contributed by atoms with Crippen LogP contribution in [0.5, 0.6) is 5.75 Å². The van der Waals surface area contributed by atoms with Crippen LogP contribution in [0.1, 0.15) is 29.6 Å². The third-order valence-electron chi connectivity index (χ3n) is 3.43. The van der Waals surface area contributed by atoms with Gasteiger partial charge in [0, 0.05) is 12.2 Å². The monoisotopic (exact) mass is 297 g/mol. The molecule has 0 bridgehead atoms. The van der Waals surface area contributed by atoms with Gasteiger partial charge >= 0.3 is 0 Å². The number of piperidine rings is 1. The van der Waals surface area contributed by atoms with Crippen LogP contribution >= 0.6 is 11.6 Å². The van der Waals surface area contributed by atoms with Crippen LogP contribution in [-0.2, 0) is 0 Å². The first kappa shape index (κ1) is 14.9. The molecule has 0 aromatic heterocycles. The molecule has 5 nitrogen and oxygen atoms in total. The number of carbonyl (C=O) groups excluding carboxylic acids is 1. The minimum atomic E-state index is -0.591. The van der Waals surface area contributed by atoms with Crippen LogP contribution in [0.2, 0.25) is 5.02 Å². The Morgan fingerprint density at radius 2 is 2.00 bits per heavy atom. The fraction of sp³-hybridized carbons (Fsp3) is 0.500. The van der Waals surface area contributed by atoms with Crippen molar-refractivity contribution in [1.82, 2.24) is 4.90 Å². The van der Waals surface area contributed by atoms with Crippen LogP contribution < -0.4 is 16.2 Å². The number of benzene rings is 1. The van der Waals surface area contributed by atoms with Crippen LogP contribution in [0.15, 0.2) is 12.1 Å². The van der Waals surface area contributed by atoms with Gasteiger partial charge in [0.1, 0.15) is 6.61 Å². The first-order chi connectivity index (χ1) is 9.58. The topological polar surface area (TPSA) is 81.6 Å². The number of nitrogens with two attached hydrogens (primary N) is 2. The van der Waals surface area contributed by atoms with Crippen molar-refractivity contribution in [3.63, 3.8) is 0 Å². The van der Waals surface area contributed by atoms with E-state index in [-0.39, 0.29) is 5.56 Å². The van der Waals surface area contributed by atoms with E-state index in [0.29, 0.717) is 23.1 Å². The van der Waals surface area contributed by atoms with Crippen molar-refractivity contribution in [3.8, 4) is 5.75 Å². The minimum Gasteiger partial charge on any atom is -0.490 e. The second kappa shape index (κ2) is 6.81. The molecule has 0 atom stereocenters. The standard InChI is InChI=1S/C14H20ClN3O2/c15-12-9-10(16)8-11(14(17)19)13(12)20-7-6-18-4-2-1-3-5-18/h8-9H,1-7,16H2,(H2,17,19). The number of rotatable bonds is 5. The number of nitrogens with zero attached hydrogens (tertiary/aromatic N) is 1. The van der Waals surface area contributed by atoms with Gasteiger partial charge in [0.25, 0.3) is 5.91 Å². The summed E-state index contributed by atoms with van der Waals surface area (Å²) in [4.78, 5) is 13.8. The SMILES string of the molecule is NC(=O)c1cc(N)cc(Cl)c1OCCN1CCCCC1. The maximum absolute atomic E-state index is 11.4. The fourth-order valence-corrected chi connectivity index (χ4v) is 2.69. The van der Waals surface area contributed by atoms with Crippen molar-refractivity contribution >= 4 is 23.2 Å². The minimum absolute atomic E-state index is 0.230. The third-order valence-corrected chi connectivity index (χ3v) is 3.71. The van der Waals surface area contributed by atoms with E-state index in [0.717, 1.165) is 19.6 Å². The van der Waals surface area contributed by atoms with Gasteiger partial charge in [-0.15, -0.1) is 0 Å². The Kier molecular flexibility index (Phi) is 5.09. The molecule has 0 unspecified atom stereocenters. The summed E-state index contributed by atoms with van der Waals surface area (Å²) in [5.74, 6) is -0.266. The molecule has 1 saturated heterocycles. The van der Waals surface area contributed by atoms with Crippen LogP contribution in [0.4, 0.5) is 5.69 Å². The van der Waals surface area contributed by atoms with Crippen molar-refractivity contribution in [1.29, 1.82) is 0 Å². The van der Waals surface area contributed by atoms with Crippen LogP contribution in [0.25, 0.3) is 0 Å². The summed E-state index contributed by atoms with van der Waals surface area (Å²) < 4.78 is 5.66. The van der Waals surface area contributed by atoms with Crippen molar-refractivity contribution < 1.29 is 9.53 Å². The highest BCUT2D eigenvalue weighted by Gasteiger charge is 2.16. The number of halogens is 1. The van der Waals surface area contributed by atoms with Gasteiger partial charge < -0.3 is 16.2 Å². The molecule has 6 heteroatoms. The Morgan fingerprint density at radius 3 is 2.65 bits per heavy atom. The summed E-state index contributed by atoms with van der Waals surface area (Å²) in [7, 11) is 0. The quantitative estimate of drug-likeness (QED) is 0.813. The summed E-state index contributed by atoms with van der Waals surface area (Å²) in [6.45, 7) is 3.49. The molecular weight excluding hydrogens is 278 g/mol. The Labute approximate surface area is 123 Å². The predicted octanol–water partition coefficient (Wildman–Crippen LogP) is 1.89. The van der Waals surface area contributed by atoms with E-state index in [2.05, 4.69) is 4.90 Å². The maximum atomic E-state index is 11.4. The number of primary amides is 1. The van der Waals surface area contributed by atoms with Crippen molar-refractivity contribution in [2.24, 2.45) is 5.73 Å². The van der Waals surface area contributed by atoms with E-state index < -0.39 is 5.91 Å². The molecule has 0 spiro atoms. The normalized spacial score (nSPS) is 16.1. The Bertz CT molecular complexity index is 488. The molecule has 1 aliphatic rings. The highest BCUT2D eigenvalue weighted by molar-refractivity contribution is 6.33. The van der Waals surface area contributed by atoms with E-state index in [1.54, 1.807) is 6.07 Å². The lowest BCUT2D eigenvalue weighted by Gasteiger charge is -2.26. The number of nitrogen functional groups attached to an aromatic ring is 1. The molecule has 1 heterocycles. The first-order valence-electron chi connectivity index (χ1n) is 6.82. The van der Waals surface area contributed by atoms with Crippen LogP contribution in [-0.4, -0.2) is 37.0 Å². The van der Waals surface area contributed by atoms with Crippen LogP contribution in [0, 0.1) is 0 Å². The molecule has 1 aromatic carbocycles. The van der Waals surface area contributed by atoms with Crippen LogP contribution in [0.3, 0.4) is 0 Å². The molecule has 1 amide bonds. The van der Waals surface area contributed by atoms with Crippen molar-refractivity contribution in [2.45, 2.75) is 19.3 Å². The Hall–Kier alpha value is -1.46. The number of ether oxygens (including phenoxy) is 1. The number of hydrogen-bond acceptors (Lipinski definition) is 4. The average molecular weight is 298 g/mol. The molecule has 110 valence electrons. The van der Waals surface area contributed by atoms with Crippen molar-refractivity contribution in [3.05, 3.63) is 22.7 Å². The van der Waals surface area contributed by atoms with E-state index in [9.17, 15) is 4.79 Å². The fourth-order valence-electron chi connectivity index (χ4n) is 2.40. The molecule has 1 aliphatic heterocycles. The van der Waals surface area contributed by atoms with E-state index in [4.69, 9.17) is 27.8 Å². The maximum Gasteiger partial charge on any atom is 0.252 e. The molecule has 2 rings (SSSR count). The molecule has 0 saturated carbocycles. The smallest absolute Gasteiger partial charge is 0.252 e. The number of likely N-dealkylation sites (tertiary alicyclic amines) is 1. The largest absolute Gasteiger partial charge is 0.490 e. The summed E-state index contributed by atoms with van der Waals surface area (Å²) in [6, 6.07) is 3.05. The van der Waals surface area contributed by atoms with E-state index >= 15 is 0 Å². The molecule has 1 aromatic rings. The van der Waals surface area contributed by atoms with Gasteiger partial charge in [-0.25, -0.2) is 0 Å². The van der Waals surface area contributed by atoms with Gasteiger partial charge in [-0.1, -0.05) is 18.0 Å². The van der Waals surface area contributed by atoms with Gasteiger partial charge in [-0.05, 0) is 38.1 Å². The Balaban J connectivity index is 1.99. The second-order valence-corrected chi connectivity index (χ2v) is 5.40. The van der Waals surface area contributed by atoms with E-state index in [1.807, 2.05) is 0 Å². The molecule has 20 heavy (non-hydrogen) atoms. The van der Waals surface area contributed by atoms with Gasteiger partial charge in [0.15, 0.2) is 5.75 Å². The number of amides is 1. The molecule has 1 fully saturated rings. The lowest BCUT2D eigenvalue weighted by atomic mass is 10.1. The highest BCUT2D eigenvalue weighted by Crippen LogP contribution is 2.31. The van der Waals surface area contributed by atoms with Gasteiger partial charge in [-0.2, -0.15) is 0 Å². The summed E-state index contributed by atoms with van der Waals surface area (Å²) in [5.41, 5.74) is 11.6. The van der Waals surface area contributed by atoms with Gasteiger partial charge in [0.05, 0.1) is 10.6 Å². The lowest BCUT2D eigenvalue weighted by Crippen LogP contribution is -2.33. The van der Waals surface area contributed by atoms with E-state index in [1.165, 1.54) is 25.3 Å². The van der Waals surface area contributed by atoms with Gasteiger partial charge in [0.2, 0.25) is 0 Å². The number of carbonyl (C=O) groups is 1. The zero-order chi connectivity index (χ0) is 14.5. The number of hydrogen-bond donors (Lipinski definition) is 2. The van der Waals surface area contributed by atoms with Gasteiger partial charge in [-0.3, -0.25) is 9.69 Å².